The van der Waals surface area contributed by atoms with Crippen LogP contribution in [0.15, 0.2) is 0 Å². The highest BCUT2D eigenvalue weighted by Crippen LogP contribution is 2.37. The molecular formula is C14H26O3. The zero-order valence-corrected chi connectivity index (χ0v) is 10.9. The van der Waals surface area contributed by atoms with E-state index in [9.17, 15) is 10.2 Å². The molecule has 1 aliphatic heterocycles. The van der Waals surface area contributed by atoms with Crippen LogP contribution in [0.25, 0.3) is 0 Å². The molecule has 0 aromatic heterocycles. The third-order valence-corrected chi connectivity index (χ3v) is 4.66. The van der Waals surface area contributed by atoms with E-state index in [0.717, 1.165) is 58.2 Å². The van der Waals surface area contributed by atoms with Crippen molar-refractivity contribution in [3.8, 4) is 0 Å². The Balaban J connectivity index is 1.83. The molecule has 1 unspecified atom stereocenters. The molecule has 17 heavy (non-hydrogen) atoms. The van der Waals surface area contributed by atoms with E-state index >= 15 is 0 Å². The van der Waals surface area contributed by atoms with Gasteiger partial charge >= 0.3 is 0 Å². The summed E-state index contributed by atoms with van der Waals surface area (Å²) in [5.74, 6) is 1.23. The first-order valence-corrected chi connectivity index (χ1v) is 7.08. The van der Waals surface area contributed by atoms with Crippen molar-refractivity contribution >= 4 is 0 Å². The smallest absolute Gasteiger partial charge is 0.0905 e. The Hall–Kier alpha value is -0.120. The molecule has 2 rings (SSSR count). The van der Waals surface area contributed by atoms with E-state index in [2.05, 4.69) is 6.92 Å². The van der Waals surface area contributed by atoms with Crippen molar-refractivity contribution in [1.82, 2.24) is 0 Å². The van der Waals surface area contributed by atoms with E-state index in [1.807, 2.05) is 0 Å². The highest BCUT2D eigenvalue weighted by molar-refractivity contribution is 4.91. The van der Waals surface area contributed by atoms with Crippen LogP contribution in [0, 0.1) is 11.8 Å². The zero-order valence-electron chi connectivity index (χ0n) is 10.9. The summed E-state index contributed by atoms with van der Waals surface area (Å²) in [4.78, 5) is 0. The van der Waals surface area contributed by atoms with Gasteiger partial charge in [-0.1, -0.05) is 6.92 Å². The molecule has 100 valence electrons. The standard InChI is InChI=1S/C14H26O3/c1-11-2-6-14(16,7-3-11)13(15)10-12-4-8-17-9-5-12/h11-13,15-16H,2-10H2,1H3. The van der Waals surface area contributed by atoms with Gasteiger partial charge in [-0.05, 0) is 56.8 Å². The van der Waals surface area contributed by atoms with Gasteiger partial charge in [0.2, 0.25) is 0 Å². The van der Waals surface area contributed by atoms with Crippen LogP contribution in [-0.2, 0) is 4.74 Å². The molecule has 2 N–H and O–H groups in total. The van der Waals surface area contributed by atoms with Gasteiger partial charge in [-0.15, -0.1) is 0 Å². The van der Waals surface area contributed by atoms with Crippen molar-refractivity contribution < 1.29 is 14.9 Å². The Morgan fingerprint density at radius 2 is 1.76 bits per heavy atom. The monoisotopic (exact) mass is 242 g/mol. The molecule has 1 saturated heterocycles. The SMILES string of the molecule is CC1CCC(O)(C(O)CC2CCOCC2)CC1. The van der Waals surface area contributed by atoms with Gasteiger partial charge in [-0.3, -0.25) is 0 Å². The van der Waals surface area contributed by atoms with Crippen LogP contribution in [0.3, 0.4) is 0 Å². The van der Waals surface area contributed by atoms with Crippen LogP contribution in [0.4, 0.5) is 0 Å². The van der Waals surface area contributed by atoms with Gasteiger partial charge in [0.25, 0.3) is 0 Å². The van der Waals surface area contributed by atoms with Gasteiger partial charge in [0.1, 0.15) is 0 Å². The Bertz CT molecular complexity index is 228. The van der Waals surface area contributed by atoms with E-state index in [1.54, 1.807) is 0 Å². The Morgan fingerprint density at radius 3 is 2.35 bits per heavy atom. The lowest BCUT2D eigenvalue weighted by molar-refractivity contribution is -0.114. The average Bonchev–Trinajstić information content (AvgIpc) is 2.34. The maximum atomic E-state index is 10.5. The molecule has 0 amide bonds. The minimum Gasteiger partial charge on any atom is -0.390 e. The minimum absolute atomic E-state index is 0.530. The Morgan fingerprint density at radius 1 is 1.18 bits per heavy atom. The van der Waals surface area contributed by atoms with Gasteiger partial charge in [0.05, 0.1) is 11.7 Å². The molecule has 0 aromatic carbocycles. The Labute approximate surface area is 104 Å². The van der Waals surface area contributed by atoms with Crippen LogP contribution in [0.2, 0.25) is 0 Å². The second kappa shape index (κ2) is 5.68. The first kappa shape index (κ1) is 13.3. The van der Waals surface area contributed by atoms with Gasteiger partial charge in [0, 0.05) is 13.2 Å². The highest BCUT2D eigenvalue weighted by Gasteiger charge is 2.39. The number of aliphatic hydroxyl groups excluding tert-OH is 1. The number of ether oxygens (including phenoxy) is 1. The molecule has 1 atom stereocenters. The van der Waals surface area contributed by atoms with E-state index in [1.165, 1.54) is 0 Å². The summed E-state index contributed by atoms with van der Waals surface area (Å²) < 4.78 is 5.32. The van der Waals surface area contributed by atoms with Crippen molar-refractivity contribution in [2.75, 3.05) is 13.2 Å². The van der Waals surface area contributed by atoms with Crippen LogP contribution in [-0.4, -0.2) is 35.1 Å². The third kappa shape index (κ3) is 3.43. The predicted octanol–water partition coefficient (Wildman–Crippen LogP) is 2.11. The molecule has 2 aliphatic rings. The lowest BCUT2D eigenvalue weighted by Gasteiger charge is -2.40. The van der Waals surface area contributed by atoms with Gasteiger partial charge in [-0.25, -0.2) is 0 Å². The minimum atomic E-state index is -0.815. The van der Waals surface area contributed by atoms with Crippen molar-refractivity contribution in [1.29, 1.82) is 0 Å². The molecule has 0 aromatic rings. The molecule has 1 saturated carbocycles. The lowest BCUT2D eigenvalue weighted by atomic mass is 9.74. The highest BCUT2D eigenvalue weighted by atomic mass is 16.5. The summed E-state index contributed by atoms with van der Waals surface area (Å²) in [6.45, 7) is 3.85. The topological polar surface area (TPSA) is 49.7 Å². The van der Waals surface area contributed by atoms with E-state index < -0.39 is 11.7 Å². The normalized spacial score (nSPS) is 37.9. The fraction of sp³-hybridized carbons (Fsp3) is 1.00. The van der Waals surface area contributed by atoms with Crippen LogP contribution in [0.5, 0.6) is 0 Å². The number of hydrogen-bond donors (Lipinski definition) is 2. The first-order chi connectivity index (χ1) is 8.10. The van der Waals surface area contributed by atoms with E-state index in [0.29, 0.717) is 11.8 Å². The average molecular weight is 242 g/mol. The second-order valence-corrected chi connectivity index (χ2v) is 6.09. The number of hydrogen-bond acceptors (Lipinski definition) is 3. The summed E-state index contributed by atoms with van der Waals surface area (Å²) in [5, 5.41) is 20.8. The molecular weight excluding hydrogens is 216 g/mol. The third-order valence-electron chi connectivity index (χ3n) is 4.66. The quantitative estimate of drug-likeness (QED) is 0.797. The first-order valence-electron chi connectivity index (χ1n) is 7.08. The van der Waals surface area contributed by atoms with Crippen molar-refractivity contribution in [3.63, 3.8) is 0 Å². The molecule has 0 radical (unpaired) electrons. The summed E-state index contributed by atoms with van der Waals surface area (Å²) in [6, 6.07) is 0. The van der Waals surface area contributed by atoms with E-state index in [4.69, 9.17) is 4.74 Å². The maximum absolute atomic E-state index is 10.5. The van der Waals surface area contributed by atoms with Crippen LogP contribution in [0.1, 0.15) is 51.9 Å². The maximum Gasteiger partial charge on any atom is 0.0905 e. The van der Waals surface area contributed by atoms with Crippen molar-refractivity contribution in [2.45, 2.75) is 63.6 Å². The molecule has 1 aliphatic carbocycles. The molecule has 2 fully saturated rings. The zero-order chi connectivity index (χ0) is 12.3. The van der Waals surface area contributed by atoms with Crippen LogP contribution >= 0.6 is 0 Å². The number of aliphatic hydroxyl groups is 2. The lowest BCUT2D eigenvalue weighted by Crippen LogP contribution is -2.46. The number of rotatable bonds is 3. The van der Waals surface area contributed by atoms with Gasteiger partial charge < -0.3 is 14.9 Å². The molecule has 3 nitrogen and oxygen atoms in total. The molecule has 0 spiro atoms. The van der Waals surface area contributed by atoms with E-state index in [-0.39, 0.29) is 0 Å². The molecule has 0 bridgehead atoms. The summed E-state index contributed by atoms with van der Waals surface area (Å²) in [7, 11) is 0. The van der Waals surface area contributed by atoms with Crippen molar-refractivity contribution in [3.05, 3.63) is 0 Å². The fourth-order valence-corrected chi connectivity index (χ4v) is 3.11. The van der Waals surface area contributed by atoms with Gasteiger partial charge in [-0.2, -0.15) is 0 Å². The summed E-state index contributed by atoms with van der Waals surface area (Å²) in [6.07, 6.45) is 5.87. The van der Waals surface area contributed by atoms with Crippen LogP contribution < -0.4 is 0 Å². The summed E-state index contributed by atoms with van der Waals surface area (Å²) >= 11 is 0. The van der Waals surface area contributed by atoms with Gasteiger partial charge in [0.15, 0.2) is 0 Å². The predicted molar refractivity (Wildman–Crippen MR) is 66.7 cm³/mol. The van der Waals surface area contributed by atoms with Crippen molar-refractivity contribution in [2.24, 2.45) is 11.8 Å². The fourth-order valence-electron chi connectivity index (χ4n) is 3.11. The Kier molecular flexibility index (Phi) is 4.45. The largest absolute Gasteiger partial charge is 0.390 e. The molecule has 1 heterocycles. The summed E-state index contributed by atoms with van der Waals surface area (Å²) in [5.41, 5.74) is -0.815. The second-order valence-electron chi connectivity index (χ2n) is 6.09. The molecule has 3 heteroatoms.